The Morgan fingerprint density at radius 3 is 2.47 bits per heavy atom. The van der Waals surface area contributed by atoms with Gasteiger partial charge in [-0.05, 0) is 49.7 Å². The van der Waals surface area contributed by atoms with Gasteiger partial charge in [-0.3, -0.25) is 14.4 Å². The predicted octanol–water partition coefficient (Wildman–Crippen LogP) is 2.89. The molecule has 158 valence electrons. The number of carbonyl (C=O) groups is 3. The Morgan fingerprint density at radius 1 is 1.10 bits per heavy atom. The number of ether oxygens (including phenoxy) is 1. The normalized spacial score (nSPS) is 15.7. The highest BCUT2D eigenvalue weighted by Gasteiger charge is 2.34. The predicted molar refractivity (Wildman–Crippen MR) is 116 cm³/mol. The number of rotatable bonds is 8. The zero-order valence-electron chi connectivity index (χ0n) is 17.3. The van der Waals surface area contributed by atoms with Crippen LogP contribution < -0.4 is 20.3 Å². The van der Waals surface area contributed by atoms with Gasteiger partial charge in [-0.1, -0.05) is 24.6 Å². The van der Waals surface area contributed by atoms with Crippen molar-refractivity contribution in [2.75, 3.05) is 29.9 Å². The lowest BCUT2D eigenvalue weighted by Gasteiger charge is -2.17. The average Bonchev–Trinajstić information content (AvgIpc) is 3.14. The van der Waals surface area contributed by atoms with E-state index in [1.807, 2.05) is 38.1 Å². The highest BCUT2D eigenvalue weighted by Crippen LogP contribution is 2.27. The van der Waals surface area contributed by atoms with Crippen LogP contribution in [0.4, 0.5) is 11.4 Å². The molecule has 0 aliphatic carbocycles. The summed E-state index contributed by atoms with van der Waals surface area (Å²) in [5.74, 6) is -0.198. The van der Waals surface area contributed by atoms with Crippen LogP contribution in [0.25, 0.3) is 0 Å². The highest BCUT2D eigenvalue weighted by atomic mass is 16.5. The van der Waals surface area contributed by atoms with Crippen molar-refractivity contribution in [3.05, 3.63) is 54.1 Å². The number of carbonyl (C=O) groups excluding carboxylic acids is 3. The summed E-state index contributed by atoms with van der Waals surface area (Å²) in [6, 6.07) is 14.5. The van der Waals surface area contributed by atoms with Crippen molar-refractivity contribution < 1.29 is 19.1 Å². The summed E-state index contributed by atoms with van der Waals surface area (Å²) in [4.78, 5) is 38.1. The van der Waals surface area contributed by atoms with Gasteiger partial charge in [0.2, 0.25) is 11.8 Å². The van der Waals surface area contributed by atoms with Gasteiger partial charge in [0.15, 0.2) is 6.61 Å². The molecule has 2 aromatic carbocycles. The number of anilines is 2. The zero-order valence-corrected chi connectivity index (χ0v) is 17.3. The summed E-state index contributed by atoms with van der Waals surface area (Å²) < 4.78 is 5.53. The number of benzene rings is 2. The Labute approximate surface area is 176 Å². The third kappa shape index (κ3) is 5.59. The van der Waals surface area contributed by atoms with Crippen molar-refractivity contribution in [1.82, 2.24) is 5.32 Å². The van der Waals surface area contributed by atoms with E-state index in [4.69, 9.17) is 4.74 Å². The minimum absolute atomic E-state index is 0.0715. The second kappa shape index (κ2) is 9.91. The van der Waals surface area contributed by atoms with Crippen LogP contribution in [0.3, 0.4) is 0 Å². The average molecular weight is 409 g/mol. The fourth-order valence-electron chi connectivity index (χ4n) is 3.23. The van der Waals surface area contributed by atoms with Gasteiger partial charge in [-0.2, -0.15) is 0 Å². The Bertz CT molecular complexity index is 894. The van der Waals surface area contributed by atoms with E-state index in [1.165, 1.54) is 0 Å². The van der Waals surface area contributed by atoms with E-state index in [9.17, 15) is 14.4 Å². The maximum absolute atomic E-state index is 12.3. The smallest absolute Gasteiger partial charge is 0.262 e. The van der Waals surface area contributed by atoms with Crippen LogP contribution in [0.15, 0.2) is 48.5 Å². The van der Waals surface area contributed by atoms with Crippen molar-refractivity contribution in [2.24, 2.45) is 5.92 Å². The number of hydrogen-bond acceptors (Lipinski definition) is 4. The van der Waals surface area contributed by atoms with Crippen molar-refractivity contribution >= 4 is 29.1 Å². The number of aryl methyl sites for hydroxylation is 1. The van der Waals surface area contributed by atoms with Gasteiger partial charge < -0.3 is 20.3 Å². The molecule has 0 radical (unpaired) electrons. The van der Waals surface area contributed by atoms with E-state index in [0.717, 1.165) is 17.7 Å². The van der Waals surface area contributed by atoms with E-state index in [0.29, 0.717) is 24.5 Å². The summed E-state index contributed by atoms with van der Waals surface area (Å²) in [6.45, 7) is 4.84. The molecule has 1 heterocycles. The van der Waals surface area contributed by atoms with Crippen LogP contribution in [0, 0.1) is 12.8 Å². The van der Waals surface area contributed by atoms with E-state index >= 15 is 0 Å². The number of hydrogen-bond donors (Lipinski definition) is 2. The van der Waals surface area contributed by atoms with Crippen molar-refractivity contribution in [3.8, 4) is 5.75 Å². The van der Waals surface area contributed by atoms with Crippen molar-refractivity contribution in [3.63, 3.8) is 0 Å². The topological polar surface area (TPSA) is 87.7 Å². The van der Waals surface area contributed by atoms with E-state index < -0.39 is 0 Å². The molecular formula is C23H27N3O4. The van der Waals surface area contributed by atoms with Crippen LogP contribution in [0.2, 0.25) is 0 Å². The molecule has 7 nitrogen and oxygen atoms in total. The van der Waals surface area contributed by atoms with Crippen LogP contribution in [-0.2, 0) is 14.4 Å². The molecule has 0 aromatic heterocycles. The first-order valence-electron chi connectivity index (χ1n) is 10.1. The molecule has 1 saturated heterocycles. The molecule has 0 spiro atoms. The molecule has 1 aliphatic rings. The number of nitrogens with zero attached hydrogens (tertiary/aromatic N) is 1. The molecule has 3 amide bonds. The fourth-order valence-corrected chi connectivity index (χ4v) is 3.23. The molecular weight excluding hydrogens is 382 g/mol. The van der Waals surface area contributed by atoms with Crippen molar-refractivity contribution in [2.45, 2.75) is 26.7 Å². The monoisotopic (exact) mass is 409 g/mol. The Hall–Kier alpha value is -3.35. The molecule has 30 heavy (non-hydrogen) atoms. The molecule has 2 aromatic rings. The minimum atomic E-state index is -0.328. The van der Waals surface area contributed by atoms with Crippen molar-refractivity contribution in [1.29, 1.82) is 0 Å². The molecule has 0 saturated carbocycles. The first-order chi connectivity index (χ1) is 14.5. The quantitative estimate of drug-likeness (QED) is 0.702. The Morgan fingerprint density at radius 2 is 1.80 bits per heavy atom. The van der Waals surface area contributed by atoms with Gasteiger partial charge >= 0.3 is 0 Å². The lowest BCUT2D eigenvalue weighted by molar-refractivity contribution is -0.126. The van der Waals surface area contributed by atoms with E-state index in [1.54, 1.807) is 29.2 Å². The standard InChI is InChI=1S/C23H27N3O4/c1-3-12-24-23(29)17-13-22(28)26(14-17)19-8-10-20(11-9-19)30-15-21(27)25-18-6-4-16(2)5-7-18/h4-11,17H,3,12-15H2,1-2H3,(H,24,29)(H,25,27)/t17-/m0/s1. The van der Waals surface area contributed by atoms with E-state index in [-0.39, 0.29) is 36.7 Å². The van der Waals surface area contributed by atoms with Gasteiger partial charge in [0.05, 0.1) is 5.92 Å². The summed E-state index contributed by atoms with van der Waals surface area (Å²) in [5, 5.41) is 5.62. The molecule has 1 aliphatic heterocycles. The molecule has 7 heteroatoms. The van der Waals surface area contributed by atoms with Crippen LogP contribution >= 0.6 is 0 Å². The maximum atomic E-state index is 12.3. The van der Waals surface area contributed by atoms with Gasteiger partial charge in [-0.15, -0.1) is 0 Å². The zero-order chi connectivity index (χ0) is 21.5. The summed E-state index contributed by atoms with van der Waals surface area (Å²) >= 11 is 0. The Balaban J connectivity index is 1.51. The summed E-state index contributed by atoms with van der Waals surface area (Å²) in [5.41, 5.74) is 2.55. The SMILES string of the molecule is CCCNC(=O)[C@H]1CC(=O)N(c2ccc(OCC(=O)Nc3ccc(C)cc3)cc2)C1. The van der Waals surface area contributed by atoms with Crippen LogP contribution in [0.1, 0.15) is 25.3 Å². The van der Waals surface area contributed by atoms with Crippen LogP contribution in [0.5, 0.6) is 5.75 Å². The number of amides is 3. The Kier molecular flexibility index (Phi) is 7.06. The third-order valence-electron chi connectivity index (χ3n) is 4.90. The second-order valence-electron chi connectivity index (χ2n) is 7.39. The molecule has 1 atom stereocenters. The molecule has 1 fully saturated rings. The molecule has 2 N–H and O–H groups in total. The third-order valence-corrected chi connectivity index (χ3v) is 4.90. The van der Waals surface area contributed by atoms with E-state index in [2.05, 4.69) is 10.6 Å². The number of nitrogens with one attached hydrogen (secondary N) is 2. The summed E-state index contributed by atoms with van der Waals surface area (Å²) in [6.07, 6.45) is 1.08. The molecule has 0 unspecified atom stereocenters. The molecule has 0 bridgehead atoms. The van der Waals surface area contributed by atoms with Gasteiger partial charge in [0.1, 0.15) is 5.75 Å². The van der Waals surface area contributed by atoms with Gasteiger partial charge in [0.25, 0.3) is 5.91 Å². The fraction of sp³-hybridized carbons (Fsp3) is 0.348. The highest BCUT2D eigenvalue weighted by molar-refractivity contribution is 6.00. The first kappa shape index (κ1) is 21.4. The first-order valence-corrected chi connectivity index (χ1v) is 10.1. The molecule has 3 rings (SSSR count). The van der Waals surface area contributed by atoms with Gasteiger partial charge in [0, 0.05) is 30.9 Å². The van der Waals surface area contributed by atoms with Gasteiger partial charge in [-0.25, -0.2) is 0 Å². The lowest BCUT2D eigenvalue weighted by Crippen LogP contribution is -2.33. The largest absolute Gasteiger partial charge is 0.484 e. The van der Waals surface area contributed by atoms with Crippen LogP contribution in [-0.4, -0.2) is 37.4 Å². The second-order valence-corrected chi connectivity index (χ2v) is 7.39. The summed E-state index contributed by atoms with van der Waals surface area (Å²) in [7, 11) is 0. The lowest BCUT2D eigenvalue weighted by atomic mass is 10.1. The maximum Gasteiger partial charge on any atom is 0.262 e. The minimum Gasteiger partial charge on any atom is -0.484 e.